The molecule has 1 atom stereocenters. The van der Waals surface area contributed by atoms with Gasteiger partial charge in [-0.25, -0.2) is 9.59 Å². The molecule has 0 aromatic heterocycles. The molecule has 1 aliphatic heterocycles. The van der Waals surface area contributed by atoms with E-state index in [1.165, 1.54) is 0 Å². The highest BCUT2D eigenvalue weighted by Crippen LogP contribution is 2.14. The number of hydrogen-bond donors (Lipinski definition) is 1. The highest BCUT2D eigenvalue weighted by atomic mass is 16.7. The molecule has 1 heterocycles. The molecule has 1 fully saturated rings. The third-order valence-corrected chi connectivity index (χ3v) is 3.42. The molecule has 0 saturated carbocycles. The molecular weight excluding hydrogens is 332 g/mol. The van der Waals surface area contributed by atoms with Gasteiger partial charge in [0.1, 0.15) is 12.6 Å². The lowest BCUT2D eigenvalue weighted by atomic mass is 10.1. The van der Waals surface area contributed by atoms with Gasteiger partial charge in [-0.2, -0.15) is 5.06 Å². The SMILES string of the molecule is COC(=O)CON1C(=O)CCC(NC(=O)OCc2ccccc2)C1=O. The molecule has 0 aliphatic carbocycles. The standard InChI is InChI=1S/C16H18N2O7/c1-23-14(20)10-25-18-13(19)8-7-12(15(18)21)17-16(22)24-9-11-5-3-2-4-6-11/h2-6,12H,7-10H2,1H3,(H,17,22). The number of methoxy groups -OCH3 is 1. The number of carbonyl (C=O) groups excluding carboxylic acids is 4. The maximum absolute atomic E-state index is 12.2. The highest BCUT2D eigenvalue weighted by Gasteiger charge is 2.37. The monoisotopic (exact) mass is 350 g/mol. The van der Waals surface area contributed by atoms with E-state index in [2.05, 4.69) is 10.1 Å². The van der Waals surface area contributed by atoms with E-state index in [9.17, 15) is 19.2 Å². The Kier molecular flexibility index (Phi) is 6.47. The van der Waals surface area contributed by atoms with E-state index in [1.807, 2.05) is 18.2 Å². The van der Waals surface area contributed by atoms with Crippen molar-refractivity contribution in [2.24, 2.45) is 0 Å². The van der Waals surface area contributed by atoms with Gasteiger partial charge in [0, 0.05) is 6.42 Å². The van der Waals surface area contributed by atoms with Gasteiger partial charge in [0.05, 0.1) is 7.11 Å². The molecule has 25 heavy (non-hydrogen) atoms. The lowest BCUT2D eigenvalue weighted by molar-refractivity contribution is -0.204. The van der Waals surface area contributed by atoms with Crippen molar-refractivity contribution in [2.75, 3.05) is 13.7 Å². The summed E-state index contributed by atoms with van der Waals surface area (Å²) in [6, 6.07) is 8.07. The summed E-state index contributed by atoms with van der Waals surface area (Å²) < 4.78 is 9.41. The fourth-order valence-corrected chi connectivity index (χ4v) is 2.11. The van der Waals surface area contributed by atoms with Crippen LogP contribution in [0.25, 0.3) is 0 Å². The average Bonchev–Trinajstić information content (AvgIpc) is 2.63. The van der Waals surface area contributed by atoms with Crippen LogP contribution in [-0.4, -0.2) is 48.7 Å². The number of nitrogens with one attached hydrogen (secondary N) is 1. The van der Waals surface area contributed by atoms with Crippen molar-refractivity contribution in [3.63, 3.8) is 0 Å². The molecule has 2 rings (SSSR count). The molecule has 0 spiro atoms. The Morgan fingerprint density at radius 3 is 2.64 bits per heavy atom. The lowest BCUT2D eigenvalue weighted by Crippen LogP contribution is -2.54. The Bertz CT molecular complexity index is 647. The van der Waals surface area contributed by atoms with E-state index in [0.29, 0.717) is 5.06 Å². The fourth-order valence-electron chi connectivity index (χ4n) is 2.11. The van der Waals surface area contributed by atoms with Crippen LogP contribution in [0, 0.1) is 0 Å². The number of hydroxylamine groups is 2. The zero-order chi connectivity index (χ0) is 18.2. The molecule has 0 radical (unpaired) electrons. The van der Waals surface area contributed by atoms with Crippen molar-refractivity contribution in [3.8, 4) is 0 Å². The van der Waals surface area contributed by atoms with Gasteiger partial charge < -0.3 is 14.8 Å². The van der Waals surface area contributed by atoms with Crippen molar-refractivity contribution in [1.82, 2.24) is 10.4 Å². The molecule has 134 valence electrons. The van der Waals surface area contributed by atoms with Crippen LogP contribution >= 0.6 is 0 Å². The molecular formula is C16H18N2O7. The number of carbonyl (C=O) groups is 4. The van der Waals surface area contributed by atoms with Crippen LogP contribution in [-0.2, 0) is 35.3 Å². The molecule has 1 N–H and O–H groups in total. The van der Waals surface area contributed by atoms with Crippen molar-refractivity contribution < 1.29 is 33.5 Å². The van der Waals surface area contributed by atoms with Crippen molar-refractivity contribution in [1.29, 1.82) is 0 Å². The summed E-state index contributed by atoms with van der Waals surface area (Å²) in [4.78, 5) is 51.7. The topological polar surface area (TPSA) is 111 Å². The van der Waals surface area contributed by atoms with Gasteiger partial charge in [0.2, 0.25) is 0 Å². The van der Waals surface area contributed by atoms with Crippen LogP contribution in [0.2, 0.25) is 0 Å². The number of hydrogen-bond acceptors (Lipinski definition) is 7. The average molecular weight is 350 g/mol. The molecule has 9 nitrogen and oxygen atoms in total. The molecule has 1 aromatic rings. The van der Waals surface area contributed by atoms with E-state index >= 15 is 0 Å². The van der Waals surface area contributed by atoms with Gasteiger partial charge in [-0.15, -0.1) is 0 Å². The number of amides is 3. The Labute approximate surface area is 143 Å². The van der Waals surface area contributed by atoms with E-state index in [0.717, 1.165) is 12.7 Å². The predicted octanol–water partition coefficient (Wildman–Crippen LogP) is 0.535. The third kappa shape index (κ3) is 5.28. The molecule has 1 aliphatic rings. The number of benzene rings is 1. The second kappa shape index (κ2) is 8.78. The first-order chi connectivity index (χ1) is 12.0. The van der Waals surface area contributed by atoms with Crippen LogP contribution < -0.4 is 5.32 Å². The van der Waals surface area contributed by atoms with Crippen LogP contribution in [0.15, 0.2) is 30.3 Å². The zero-order valence-electron chi connectivity index (χ0n) is 13.6. The zero-order valence-corrected chi connectivity index (χ0v) is 13.6. The van der Waals surface area contributed by atoms with Crippen LogP contribution in [0.4, 0.5) is 4.79 Å². The summed E-state index contributed by atoms with van der Waals surface area (Å²) in [5, 5.41) is 2.87. The summed E-state index contributed by atoms with van der Waals surface area (Å²) in [6.45, 7) is -0.534. The van der Waals surface area contributed by atoms with Gasteiger partial charge in [-0.05, 0) is 12.0 Å². The summed E-state index contributed by atoms with van der Waals surface area (Å²) in [5.74, 6) is -2.10. The second-order valence-corrected chi connectivity index (χ2v) is 5.17. The Morgan fingerprint density at radius 1 is 1.24 bits per heavy atom. The van der Waals surface area contributed by atoms with Crippen LogP contribution in [0.3, 0.4) is 0 Å². The minimum absolute atomic E-state index is 0.0173. The highest BCUT2D eigenvalue weighted by molar-refractivity contribution is 6.00. The largest absolute Gasteiger partial charge is 0.467 e. The van der Waals surface area contributed by atoms with Gasteiger partial charge >= 0.3 is 12.1 Å². The third-order valence-electron chi connectivity index (χ3n) is 3.42. The summed E-state index contributed by atoms with van der Waals surface area (Å²) in [7, 11) is 1.15. The number of esters is 1. The maximum atomic E-state index is 12.2. The number of alkyl carbamates (subject to hydrolysis) is 1. The first-order valence-electron chi connectivity index (χ1n) is 7.55. The van der Waals surface area contributed by atoms with E-state index in [4.69, 9.17) is 9.57 Å². The molecule has 1 saturated heterocycles. The summed E-state index contributed by atoms with van der Waals surface area (Å²) in [6.07, 6.45) is -0.684. The normalized spacial score (nSPS) is 17.2. The minimum Gasteiger partial charge on any atom is -0.467 e. The van der Waals surface area contributed by atoms with E-state index in [-0.39, 0.29) is 19.4 Å². The first kappa shape index (κ1) is 18.4. The number of imide groups is 1. The Hall–Kier alpha value is -2.94. The summed E-state index contributed by atoms with van der Waals surface area (Å²) >= 11 is 0. The predicted molar refractivity (Wildman–Crippen MR) is 82.6 cm³/mol. The Morgan fingerprint density at radius 2 is 1.96 bits per heavy atom. The molecule has 0 bridgehead atoms. The van der Waals surface area contributed by atoms with Crippen LogP contribution in [0.1, 0.15) is 18.4 Å². The van der Waals surface area contributed by atoms with Gasteiger partial charge in [-0.3, -0.25) is 14.4 Å². The van der Waals surface area contributed by atoms with Gasteiger partial charge in [0.15, 0.2) is 6.61 Å². The van der Waals surface area contributed by atoms with Gasteiger partial charge in [0.25, 0.3) is 11.8 Å². The number of piperidine rings is 1. The van der Waals surface area contributed by atoms with E-state index in [1.54, 1.807) is 12.1 Å². The van der Waals surface area contributed by atoms with Crippen molar-refractivity contribution in [2.45, 2.75) is 25.5 Å². The second-order valence-electron chi connectivity index (χ2n) is 5.17. The molecule has 9 heteroatoms. The number of nitrogens with zero attached hydrogens (tertiary/aromatic N) is 1. The summed E-state index contributed by atoms with van der Waals surface area (Å²) in [5.41, 5.74) is 0.797. The Balaban J connectivity index is 1.86. The molecule has 3 amide bonds. The molecule has 1 aromatic carbocycles. The first-order valence-corrected chi connectivity index (χ1v) is 7.55. The van der Waals surface area contributed by atoms with Gasteiger partial charge in [-0.1, -0.05) is 30.3 Å². The van der Waals surface area contributed by atoms with Crippen molar-refractivity contribution in [3.05, 3.63) is 35.9 Å². The van der Waals surface area contributed by atoms with Crippen LogP contribution in [0.5, 0.6) is 0 Å². The lowest BCUT2D eigenvalue weighted by Gasteiger charge is -2.29. The smallest absolute Gasteiger partial charge is 0.408 e. The fraction of sp³-hybridized carbons (Fsp3) is 0.375. The maximum Gasteiger partial charge on any atom is 0.408 e. The minimum atomic E-state index is -0.973. The van der Waals surface area contributed by atoms with E-state index < -0.39 is 36.5 Å². The number of ether oxygens (including phenoxy) is 2. The molecule has 1 unspecified atom stereocenters. The number of rotatable bonds is 6. The van der Waals surface area contributed by atoms with Crippen molar-refractivity contribution >= 4 is 23.9 Å². The quantitative estimate of drug-likeness (QED) is 0.588.